The molecule has 1 aromatic heterocycles. The molecule has 12 heteroatoms. The number of nitrogens with one attached hydrogen (secondary N) is 2. The largest absolute Gasteiger partial charge is 0.476 e. The molecule has 184 valence electrons. The molecule has 4 amide bonds. The molecule has 0 atom stereocenters. The molecule has 0 aliphatic carbocycles. The Morgan fingerprint density at radius 1 is 1.17 bits per heavy atom. The number of hydrogen-bond donors (Lipinski definition) is 2. The minimum absolute atomic E-state index is 0.156. The van der Waals surface area contributed by atoms with Crippen LogP contribution < -0.4 is 20.3 Å². The lowest BCUT2D eigenvalue weighted by Crippen LogP contribution is -2.50. The second kappa shape index (κ2) is 11.2. The van der Waals surface area contributed by atoms with Crippen molar-refractivity contribution in [1.82, 2.24) is 25.1 Å². The number of anilines is 2. The lowest BCUT2D eigenvalue weighted by atomic mass is 10.3. The molecule has 2 saturated heterocycles. The van der Waals surface area contributed by atoms with Crippen molar-refractivity contribution in [3.63, 3.8) is 0 Å². The third-order valence-corrected chi connectivity index (χ3v) is 6.11. The van der Waals surface area contributed by atoms with E-state index in [1.165, 1.54) is 0 Å². The van der Waals surface area contributed by atoms with Crippen LogP contribution in [0.1, 0.15) is 5.69 Å². The molecule has 2 N–H and O–H groups in total. The highest BCUT2D eigenvalue weighted by Crippen LogP contribution is 2.27. The number of rotatable bonds is 7. The van der Waals surface area contributed by atoms with Crippen LogP contribution >= 0.6 is 11.8 Å². The van der Waals surface area contributed by atoms with Crippen molar-refractivity contribution in [2.75, 3.05) is 63.6 Å². The van der Waals surface area contributed by atoms with Gasteiger partial charge in [0.05, 0.1) is 10.6 Å². The molecule has 2 fully saturated rings. The first kappa shape index (κ1) is 24.5. The minimum Gasteiger partial charge on any atom is -0.476 e. The van der Waals surface area contributed by atoms with E-state index in [-0.39, 0.29) is 10.9 Å². The van der Waals surface area contributed by atoms with Gasteiger partial charge in [-0.1, -0.05) is 18.2 Å². The predicted molar refractivity (Wildman–Crippen MR) is 134 cm³/mol. The number of para-hydroxylation sites is 1. The van der Waals surface area contributed by atoms with E-state index >= 15 is 0 Å². The molecule has 11 nitrogen and oxygen atoms in total. The highest BCUT2D eigenvalue weighted by Gasteiger charge is 2.26. The molecule has 2 aliphatic heterocycles. The van der Waals surface area contributed by atoms with Gasteiger partial charge < -0.3 is 24.8 Å². The number of hydrogen-bond acceptors (Lipinski definition) is 9. The molecular formula is C23H27N7O4S. The van der Waals surface area contributed by atoms with Crippen LogP contribution in [0.5, 0.6) is 5.88 Å². The maximum atomic E-state index is 12.6. The number of urea groups is 1. The Balaban J connectivity index is 1.46. The smallest absolute Gasteiger partial charge is 0.321 e. The van der Waals surface area contributed by atoms with Gasteiger partial charge in [-0.15, -0.1) is 0 Å². The number of imide groups is 1. The Morgan fingerprint density at radius 3 is 2.57 bits per heavy atom. The van der Waals surface area contributed by atoms with Crippen molar-refractivity contribution in [3.05, 3.63) is 47.0 Å². The minimum atomic E-state index is -0.451. The fourth-order valence-corrected chi connectivity index (χ4v) is 4.11. The van der Waals surface area contributed by atoms with Crippen LogP contribution in [0.25, 0.3) is 6.08 Å². The van der Waals surface area contributed by atoms with E-state index in [4.69, 9.17) is 4.74 Å². The standard InChI is InChI=1S/C23H27N7O4S/c1-28(2)12-13-34-19-15-17(14-18-20(31)27-23(33)35-18)24-21(26-19)29-8-10-30(11-9-29)22(32)25-16-6-4-3-5-7-16/h3-7,14-15H,8-13H2,1-2H3,(H,25,32)(H,27,31,33)/b18-14-. The SMILES string of the molecule is CN(C)CCOc1cc(/C=C2\SC(=O)NC2=O)nc(N2CCN(C(=O)Nc3ccccc3)CC2)n1. The summed E-state index contributed by atoms with van der Waals surface area (Å²) in [4.78, 5) is 51.2. The summed E-state index contributed by atoms with van der Waals surface area (Å²) in [5.74, 6) is 0.369. The van der Waals surface area contributed by atoms with Crippen LogP contribution in [0.3, 0.4) is 0 Å². The molecule has 0 bridgehead atoms. The lowest BCUT2D eigenvalue weighted by Gasteiger charge is -2.34. The summed E-state index contributed by atoms with van der Waals surface area (Å²) in [7, 11) is 3.90. The van der Waals surface area contributed by atoms with E-state index in [0.29, 0.717) is 56.9 Å². The molecule has 4 rings (SSSR count). The van der Waals surface area contributed by atoms with Crippen LogP contribution in [0, 0.1) is 0 Å². The Hall–Kier alpha value is -3.64. The Labute approximate surface area is 207 Å². The number of carbonyl (C=O) groups excluding carboxylic acids is 3. The number of carbonyl (C=O) groups is 3. The zero-order valence-electron chi connectivity index (χ0n) is 19.6. The number of piperazine rings is 1. The molecule has 2 aliphatic rings. The van der Waals surface area contributed by atoms with E-state index in [0.717, 1.165) is 17.4 Å². The average molecular weight is 498 g/mol. The molecule has 2 aromatic rings. The quantitative estimate of drug-likeness (QED) is 0.554. The van der Waals surface area contributed by atoms with Gasteiger partial charge in [-0.2, -0.15) is 4.98 Å². The fraction of sp³-hybridized carbons (Fsp3) is 0.348. The fourth-order valence-electron chi connectivity index (χ4n) is 3.44. The number of aromatic nitrogens is 2. The molecule has 0 radical (unpaired) electrons. The molecule has 35 heavy (non-hydrogen) atoms. The summed E-state index contributed by atoms with van der Waals surface area (Å²) < 4.78 is 5.83. The molecule has 3 heterocycles. The molecule has 0 saturated carbocycles. The summed E-state index contributed by atoms with van der Waals surface area (Å²) in [5, 5.41) is 4.73. The maximum Gasteiger partial charge on any atom is 0.321 e. The van der Waals surface area contributed by atoms with Gasteiger partial charge in [0.15, 0.2) is 0 Å². The Kier molecular flexibility index (Phi) is 7.83. The highest BCUT2D eigenvalue weighted by atomic mass is 32.2. The average Bonchev–Trinajstić information content (AvgIpc) is 3.15. The molecular weight excluding hydrogens is 470 g/mol. The summed E-state index contributed by atoms with van der Waals surface area (Å²) >= 11 is 0.831. The van der Waals surface area contributed by atoms with Crippen LogP contribution in [-0.4, -0.2) is 90.4 Å². The Bertz CT molecular complexity index is 1120. The van der Waals surface area contributed by atoms with Crippen molar-refractivity contribution in [2.45, 2.75) is 0 Å². The number of benzene rings is 1. The van der Waals surface area contributed by atoms with Crippen molar-refractivity contribution < 1.29 is 19.1 Å². The summed E-state index contributed by atoms with van der Waals surface area (Å²) in [5.41, 5.74) is 1.21. The monoisotopic (exact) mass is 497 g/mol. The van der Waals surface area contributed by atoms with Crippen molar-refractivity contribution in [1.29, 1.82) is 0 Å². The van der Waals surface area contributed by atoms with E-state index in [1.807, 2.05) is 54.2 Å². The second-order valence-electron chi connectivity index (χ2n) is 8.21. The van der Waals surface area contributed by atoms with Gasteiger partial charge >= 0.3 is 6.03 Å². The van der Waals surface area contributed by atoms with Crippen LogP contribution in [0.15, 0.2) is 41.3 Å². The van der Waals surface area contributed by atoms with E-state index in [2.05, 4.69) is 20.6 Å². The van der Waals surface area contributed by atoms with Gasteiger partial charge in [0.25, 0.3) is 11.1 Å². The van der Waals surface area contributed by atoms with E-state index in [9.17, 15) is 14.4 Å². The Morgan fingerprint density at radius 2 is 1.91 bits per heavy atom. The topological polar surface area (TPSA) is 120 Å². The first-order valence-corrected chi connectivity index (χ1v) is 12.0. The van der Waals surface area contributed by atoms with Crippen LogP contribution in [0.2, 0.25) is 0 Å². The van der Waals surface area contributed by atoms with Crippen molar-refractivity contribution in [3.8, 4) is 5.88 Å². The van der Waals surface area contributed by atoms with Gasteiger partial charge in [0.2, 0.25) is 11.8 Å². The molecule has 1 aromatic carbocycles. The number of nitrogens with zero attached hydrogens (tertiary/aromatic N) is 5. The number of likely N-dealkylation sites (N-methyl/N-ethyl adjacent to an activating group) is 1. The van der Waals surface area contributed by atoms with E-state index in [1.54, 1.807) is 17.0 Å². The van der Waals surface area contributed by atoms with Gasteiger partial charge in [0.1, 0.15) is 6.61 Å². The molecule has 0 spiro atoms. The number of amides is 4. The third kappa shape index (κ3) is 6.70. The van der Waals surface area contributed by atoms with Gasteiger partial charge in [-0.05, 0) is 44.1 Å². The number of ether oxygens (including phenoxy) is 1. The summed E-state index contributed by atoms with van der Waals surface area (Å²) in [6, 6.07) is 10.8. The zero-order valence-corrected chi connectivity index (χ0v) is 20.4. The van der Waals surface area contributed by atoms with Gasteiger partial charge in [-0.25, -0.2) is 9.78 Å². The summed E-state index contributed by atoms with van der Waals surface area (Å²) in [6.07, 6.45) is 1.55. The number of thioether (sulfide) groups is 1. The first-order chi connectivity index (χ1) is 16.9. The summed E-state index contributed by atoms with van der Waals surface area (Å²) in [6.45, 7) is 3.20. The van der Waals surface area contributed by atoms with Gasteiger partial charge in [-0.3, -0.25) is 14.9 Å². The lowest BCUT2D eigenvalue weighted by molar-refractivity contribution is -0.115. The van der Waals surface area contributed by atoms with E-state index < -0.39 is 11.1 Å². The van der Waals surface area contributed by atoms with Crippen LogP contribution in [-0.2, 0) is 4.79 Å². The van der Waals surface area contributed by atoms with Gasteiger partial charge in [0, 0.05) is 44.5 Å². The first-order valence-electron chi connectivity index (χ1n) is 11.1. The van der Waals surface area contributed by atoms with Crippen molar-refractivity contribution >= 4 is 46.7 Å². The molecule has 0 unspecified atom stereocenters. The zero-order chi connectivity index (χ0) is 24.8. The third-order valence-electron chi connectivity index (χ3n) is 5.29. The maximum absolute atomic E-state index is 12.6. The predicted octanol–water partition coefficient (Wildman–Crippen LogP) is 2.09. The van der Waals surface area contributed by atoms with Crippen LogP contribution in [0.4, 0.5) is 21.2 Å². The highest BCUT2D eigenvalue weighted by molar-refractivity contribution is 8.18. The second-order valence-corrected chi connectivity index (χ2v) is 9.22. The van der Waals surface area contributed by atoms with Crippen molar-refractivity contribution in [2.24, 2.45) is 0 Å². The normalized spacial score (nSPS) is 17.2.